The molecule has 264 valence electrons. The molecule has 2 unspecified atom stereocenters. The van der Waals surface area contributed by atoms with Crippen molar-refractivity contribution in [2.45, 2.75) is 92.1 Å². The standard InChI is InChI=1S/C40H53N3O6/c1-9-10-11-12-13-14-19-48-31-17-18-34(46-7)32(23-31)38-41-39-36(40(44)49-37-26(3)20-25(2)21-27(37)4)28(5)33(43(39)42-38)22-29-15-16-30(45-6)24-35(29)47-8/h15-18,22-27,37H,9-14,19-21H2,1-8H3/b33-22+. The normalized spacial score (nSPS) is 19.6. The first-order valence-corrected chi connectivity index (χ1v) is 17.8. The predicted octanol–water partition coefficient (Wildman–Crippen LogP) is 8.25. The lowest BCUT2D eigenvalue weighted by Gasteiger charge is -2.37. The van der Waals surface area contributed by atoms with Gasteiger partial charge in [0.15, 0.2) is 11.5 Å². The van der Waals surface area contributed by atoms with Crippen LogP contribution in [-0.4, -0.2) is 54.6 Å². The van der Waals surface area contributed by atoms with Crippen LogP contribution in [0.5, 0.6) is 23.0 Å². The van der Waals surface area contributed by atoms with Gasteiger partial charge in [0.25, 0.3) is 0 Å². The lowest BCUT2D eigenvalue weighted by atomic mass is 9.75. The van der Waals surface area contributed by atoms with Crippen molar-refractivity contribution in [1.29, 1.82) is 0 Å². The SMILES string of the molecule is CCCCCCCCOc1ccc(OC)c(-c2nc3c(C(=O)OC4C(C)CC(C)CC4C)c(C)/c(=C\c4ccc(OC)cc4OC)n3n2)c1. The molecule has 1 fully saturated rings. The van der Waals surface area contributed by atoms with Gasteiger partial charge >= 0.3 is 5.97 Å². The molecule has 2 aromatic heterocycles. The third kappa shape index (κ3) is 8.14. The van der Waals surface area contributed by atoms with Crippen LogP contribution in [0.15, 0.2) is 36.4 Å². The zero-order valence-electron chi connectivity index (χ0n) is 30.5. The molecule has 0 bridgehead atoms. The van der Waals surface area contributed by atoms with Crippen molar-refractivity contribution < 1.29 is 28.5 Å². The molecule has 49 heavy (non-hydrogen) atoms. The van der Waals surface area contributed by atoms with Crippen LogP contribution < -0.4 is 24.3 Å². The van der Waals surface area contributed by atoms with E-state index in [2.05, 4.69) is 27.7 Å². The number of methoxy groups -OCH3 is 3. The number of carbonyl (C=O) groups is 1. The van der Waals surface area contributed by atoms with E-state index in [0.29, 0.717) is 57.7 Å². The van der Waals surface area contributed by atoms with Crippen molar-refractivity contribution in [1.82, 2.24) is 14.6 Å². The number of benzene rings is 2. The lowest BCUT2D eigenvalue weighted by molar-refractivity contribution is -0.0251. The molecule has 0 spiro atoms. The maximum atomic E-state index is 14.1. The molecule has 1 saturated carbocycles. The highest BCUT2D eigenvalue weighted by Crippen LogP contribution is 2.37. The number of fused-ring (bicyclic) bond motifs is 1. The molecule has 2 heterocycles. The van der Waals surface area contributed by atoms with E-state index in [-0.39, 0.29) is 23.9 Å². The van der Waals surface area contributed by atoms with Crippen LogP contribution in [0, 0.1) is 24.7 Å². The topological polar surface area (TPSA) is 93.4 Å². The second-order valence-corrected chi connectivity index (χ2v) is 13.7. The fraction of sp³-hybridized carbons (Fsp3) is 0.525. The number of ether oxygens (including phenoxy) is 5. The van der Waals surface area contributed by atoms with E-state index in [9.17, 15) is 4.79 Å². The zero-order valence-corrected chi connectivity index (χ0v) is 30.5. The summed E-state index contributed by atoms with van der Waals surface area (Å²) >= 11 is 0. The minimum atomic E-state index is -0.385. The maximum absolute atomic E-state index is 14.1. The Balaban J connectivity index is 1.56. The number of carbonyl (C=O) groups excluding carboxylic acids is 1. The van der Waals surface area contributed by atoms with Gasteiger partial charge in [0.05, 0.1) is 38.8 Å². The van der Waals surface area contributed by atoms with E-state index in [1.165, 1.54) is 25.7 Å². The lowest BCUT2D eigenvalue weighted by Crippen LogP contribution is -2.37. The Hall–Kier alpha value is -4.27. The molecule has 9 nitrogen and oxygen atoms in total. The van der Waals surface area contributed by atoms with Gasteiger partial charge in [0.1, 0.15) is 34.7 Å². The highest BCUT2D eigenvalue weighted by molar-refractivity contribution is 5.98. The summed E-state index contributed by atoms with van der Waals surface area (Å²) in [6.45, 7) is 11.4. The van der Waals surface area contributed by atoms with E-state index >= 15 is 0 Å². The fourth-order valence-electron chi connectivity index (χ4n) is 7.34. The van der Waals surface area contributed by atoms with Gasteiger partial charge < -0.3 is 23.7 Å². The molecule has 1 aliphatic carbocycles. The van der Waals surface area contributed by atoms with Gasteiger partial charge in [-0.1, -0.05) is 59.8 Å². The molecule has 0 N–H and O–H groups in total. The van der Waals surface area contributed by atoms with E-state index < -0.39 is 0 Å². The van der Waals surface area contributed by atoms with Crippen LogP contribution in [0.1, 0.15) is 101 Å². The van der Waals surface area contributed by atoms with Crippen molar-refractivity contribution in [2.24, 2.45) is 17.8 Å². The van der Waals surface area contributed by atoms with Gasteiger partial charge in [-0.15, -0.1) is 5.10 Å². The van der Waals surface area contributed by atoms with Crippen molar-refractivity contribution in [3.05, 3.63) is 58.4 Å². The van der Waals surface area contributed by atoms with Crippen LogP contribution in [0.25, 0.3) is 23.1 Å². The summed E-state index contributed by atoms with van der Waals surface area (Å²) in [6, 6.07) is 11.3. The molecule has 2 atom stereocenters. The maximum Gasteiger partial charge on any atom is 0.342 e. The summed E-state index contributed by atoms with van der Waals surface area (Å²) in [5, 5.41) is 5.68. The van der Waals surface area contributed by atoms with Crippen LogP contribution in [-0.2, 0) is 4.74 Å². The summed E-state index contributed by atoms with van der Waals surface area (Å²) in [7, 11) is 4.87. The first-order valence-electron chi connectivity index (χ1n) is 17.8. The second kappa shape index (κ2) is 16.4. The van der Waals surface area contributed by atoms with Gasteiger partial charge in [0, 0.05) is 11.6 Å². The Kier molecular flexibility index (Phi) is 12.1. The van der Waals surface area contributed by atoms with Gasteiger partial charge in [0.2, 0.25) is 0 Å². The first kappa shape index (κ1) is 36.0. The molecule has 0 aliphatic heterocycles. The van der Waals surface area contributed by atoms with E-state index in [0.717, 1.165) is 42.6 Å². The zero-order chi connectivity index (χ0) is 35.1. The summed E-state index contributed by atoms with van der Waals surface area (Å²) in [5.74, 6) is 3.82. The molecule has 0 amide bonds. The number of rotatable bonds is 15. The summed E-state index contributed by atoms with van der Waals surface area (Å²) < 4.78 is 31.1. The van der Waals surface area contributed by atoms with Crippen LogP contribution in [0.4, 0.5) is 0 Å². The third-order valence-corrected chi connectivity index (χ3v) is 9.85. The molecular weight excluding hydrogens is 618 g/mol. The largest absolute Gasteiger partial charge is 0.497 e. The summed E-state index contributed by atoms with van der Waals surface area (Å²) in [5.41, 5.74) is 3.06. The number of hydrogen-bond donors (Lipinski definition) is 0. The Morgan fingerprint density at radius 2 is 1.57 bits per heavy atom. The molecule has 9 heteroatoms. The minimum Gasteiger partial charge on any atom is -0.497 e. The van der Waals surface area contributed by atoms with E-state index in [1.54, 1.807) is 25.8 Å². The molecule has 0 saturated heterocycles. The van der Waals surface area contributed by atoms with Crippen LogP contribution in [0.2, 0.25) is 0 Å². The highest BCUT2D eigenvalue weighted by atomic mass is 16.5. The number of esters is 1. The summed E-state index contributed by atoms with van der Waals surface area (Å²) in [6.07, 6.45) is 11.0. The van der Waals surface area contributed by atoms with Crippen LogP contribution >= 0.6 is 0 Å². The van der Waals surface area contributed by atoms with Crippen LogP contribution in [0.3, 0.4) is 0 Å². The van der Waals surface area contributed by atoms with Gasteiger partial charge in [-0.3, -0.25) is 0 Å². The predicted molar refractivity (Wildman–Crippen MR) is 193 cm³/mol. The van der Waals surface area contributed by atoms with Crippen molar-refractivity contribution in [3.8, 4) is 34.4 Å². The number of nitrogens with zero attached hydrogens (tertiary/aromatic N) is 3. The van der Waals surface area contributed by atoms with E-state index in [4.69, 9.17) is 33.8 Å². The monoisotopic (exact) mass is 671 g/mol. The molecule has 5 rings (SSSR count). The number of unbranched alkanes of at least 4 members (excludes halogenated alkanes) is 5. The molecule has 1 aliphatic rings. The Morgan fingerprint density at radius 1 is 0.878 bits per heavy atom. The molecule has 4 aromatic rings. The third-order valence-electron chi connectivity index (χ3n) is 9.85. The number of hydrogen-bond acceptors (Lipinski definition) is 8. The van der Waals surface area contributed by atoms with Crippen molar-refractivity contribution in [2.75, 3.05) is 27.9 Å². The Bertz CT molecular complexity index is 1770. The summed E-state index contributed by atoms with van der Waals surface area (Å²) in [4.78, 5) is 19.1. The van der Waals surface area contributed by atoms with Gasteiger partial charge in [-0.2, -0.15) is 0 Å². The van der Waals surface area contributed by atoms with Crippen molar-refractivity contribution >= 4 is 17.7 Å². The quantitative estimate of drug-likeness (QED) is 0.0922. The highest BCUT2D eigenvalue weighted by Gasteiger charge is 2.36. The first-order chi connectivity index (χ1) is 23.7. The van der Waals surface area contributed by atoms with Gasteiger partial charge in [-0.05, 0) is 85.9 Å². The second-order valence-electron chi connectivity index (χ2n) is 13.7. The fourth-order valence-corrected chi connectivity index (χ4v) is 7.34. The van der Waals surface area contributed by atoms with E-state index in [1.807, 2.05) is 49.4 Å². The van der Waals surface area contributed by atoms with Crippen molar-refractivity contribution in [3.63, 3.8) is 0 Å². The molecule has 0 radical (unpaired) electrons. The average molecular weight is 672 g/mol. The molecular formula is C40H53N3O6. The van der Waals surface area contributed by atoms with Gasteiger partial charge in [-0.25, -0.2) is 14.3 Å². The Morgan fingerprint density at radius 3 is 2.27 bits per heavy atom. The Labute approximate surface area is 290 Å². The smallest absolute Gasteiger partial charge is 0.342 e. The number of aromatic nitrogens is 3. The minimum absolute atomic E-state index is 0.171. The average Bonchev–Trinajstić information content (AvgIpc) is 3.62. The molecule has 2 aromatic carbocycles.